The molecule has 0 radical (unpaired) electrons. The third-order valence-corrected chi connectivity index (χ3v) is 4.52. The minimum absolute atomic E-state index is 0.118. The van der Waals surface area contributed by atoms with E-state index in [1.165, 1.54) is 6.07 Å². The lowest BCUT2D eigenvalue weighted by molar-refractivity contribution is 0.0932. The Hall–Kier alpha value is -2.81. The number of hydrogen-bond acceptors (Lipinski definition) is 4. The first-order valence-electron chi connectivity index (χ1n) is 9.14. The van der Waals surface area contributed by atoms with E-state index in [-0.39, 0.29) is 23.1 Å². The first-order valence-corrected chi connectivity index (χ1v) is 9.14. The summed E-state index contributed by atoms with van der Waals surface area (Å²) in [5, 5.41) is 5.29. The number of halogens is 2. The normalized spacial score (nSPS) is 13.1. The zero-order valence-corrected chi connectivity index (χ0v) is 15.6. The van der Waals surface area contributed by atoms with Crippen LogP contribution in [0.4, 0.5) is 14.5 Å². The second-order valence-corrected chi connectivity index (χ2v) is 6.52. The molecular formula is C19H22F2N4O3. The molecule has 0 saturated carbocycles. The Morgan fingerprint density at radius 1 is 1.21 bits per heavy atom. The van der Waals surface area contributed by atoms with Gasteiger partial charge in [0, 0.05) is 38.6 Å². The van der Waals surface area contributed by atoms with Gasteiger partial charge in [-0.25, -0.2) is 13.8 Å². The highest BCUT2D eigenvalue weighted by molar-refractivity contribution is 6.05. The van der Waals surface area contributed by atoms with Gasteiger partial charge in [0.05, 0.1) is 5.69 Å². The fourth-order valence-corrected chi connectivity index (χ4v) is 3.16. The van der Waals surface area contributed by atoms with Crippen molar-refractivity contribution in [2.45, 2.75) is 32.2 Å². The molecule has 1 aromatic carbocycles. The average Bonchev–Trinajstić information content (AvgIpc) is 3.08. The molecule has 0 fully saturated rings. The third kappa shape index (κ3) is 4.36. The lowest BCUT2D eigenvalue weighted by Crippen LogP contribution is -2.29. The molecule has 2 heterocycles. The summed E-state index contributed by atoms with van der Waals surface area (Å²) in [7, 11) is 1.59. The molecular weight excluding hydrogens is 370 g/mol. The number of amides is 2. The van der Waals surface area contributed by atoms with Gasteiger partial charge in [-0.15, -0.1) is 0 Å². The minimum atomic E-state index is -1.05. The monoisotopic (exact) mass is 392 g/mol. The van der Waals surface area contributed by atoms with Crippen LogP contribution in [0.1, 0.15) is 46.1 Å². The number of imidazole rings is 1. The van der Waals surface area contributed by atoms with Gasteiger partial charge < -0.3 is 19.9 Å². The number of methoxy groups -OCH3 is 1. The fraction of sp³-hybridized carbons (Fsp3) is 0.421. The average molecular weight is 392 g/mol. The molecule has 2 amide bonds. The van der Waals surface area contributed by atoms with Crippen molar-refractivity contribution in [2.24, 2.45) is 0 Å². The van der Waals surface area contributed by atoms with E-state index in [0.717, 1.165) is 25.0 Å². The molecule has 1 aliphatic heterocycles. The highest BCUT2D eigenvalue weighted by atomic mass is 19.2. The summed E-state index contributed by atoms with van der Waals surface area (Å²) in [5.41, 5.74) is 0.923. The Morgan fingerprint density at radius 3 is 2.79 bits per heavy atom. The van der Waals surface area contributed by atoms with Crippen molar-refractivity contribution in [3.63, 3.8) is 0 Å². The number of carbonyl (C=O) groups excluding carboxylic acids is 2. The quantitative estimate of drug-likeness (QED) is 0.709. The summed E-state index contributed by atoms with van der Waals surface area (Å²) in [5.74, 6) is -2.78. The van der Waals surface area contributed by atoms with E-state index in [1.807, 2.05) is 0 Å². The Bertz CT molecular complexity index is 882. The van der Waals surface area contributed by atoms with Crippen LogP contribution in [0.15, 0.2) is 18.2 Å². The zero-order valence-electron chi connectivity index (χ0n) is 15.6. The predicted molar refractivity (Wildman–Crippen MR) is 98.3 cm³/mol. The van der Waals surface area contributed by atoms with E-state index < -0.39 is 17.5 Å². The van der Waals surface area contributed by atoms with Crippen LogP contribution in [0.5, 0.6) is 0 Å². The Labute approximate surface area is 161 Å². The third-order valence-electron chi connectivity index (χ3n) is 4.52. The Kier molecular flexibility index (Phi) is 6.35. The van der Waals surface area contributed by atoms with Gasteiger partial charge in [-0.1, -0.05) is 0 Å². The molecule has 7 nitrogen and oxygen atoms in total. The smallest absolute Gasteiger partial charge is 0.287 e. The Balaban J connectivity index is 1.80. The number of aromatic nitrogens is 2. The van der Waals surface area contributed by atoms with Gasteiger partial charge in [0.25, 0.3) is 11.8 Å². The summed E-state index contributed by atoms with van der Waals surface area (Å²) >= 11 is 0. The molecule has 2 aromatic rings. The summed E-state index contributed by atoms with van der Waals surface area (Å²) < 4.78 is 33.2. The van der Waals surface area contributed by atoms with Crippen molar-refractivity contribution in [3.05, 3.63) is 47.0 Å². The number of anilines is 1. The number of ether oxygens (including phenoxy) is 1. The standard InChI is InChI=1S/C19H22F2N4O3/c1-28-10-4-8-22-19(27)17-24-16(15-5-2-3-9-25(15)17)18(26)23-12-6-7-13(20)14(21)11-12/h6-7,11H,2-5,8-10H2,1H3,(H,22,27)(H,23,26). The van der Waals surface area contributed by atoms with Gasteiger partial charge in [0.1, 0.15) is 0 Å². The van der Waals surface area contributed by atoms with E-state index in [1.54, 1.807) is 11.7 Å². The lowest BCUT2D eigenvalue weighted by Gasteiger charge is -2.17. The van der Waals surface area contributed by atoms with Crippen molar-refractivity contribution < 1.29 is 23.1 Å². The number of nitrogens with one attached hydrogen (secondary N) is 2. The molecule has 0 atom stereocenters. The first-order chi connectivity index (χ1) is 13.5. The van der Waals surface area contributed by atoms with E-state index in [9.17, 15) is 18.4 Å². The second-order valence-electron chi connectivity index (χ2n) is 6.52. The van der Waals surface area contributed by atoms with Gasteiger partial charge >= 0.3 is 0 Å². The minimum Gasteiger partial charge on any atom is -0.385 e. The van der Waals surface area contributed by atoms with Crippen LogP contribution < -0.4 is 10.6 Å². The molecule has 0 bridgehead atoms. The molecule has 3 rings (SSSR count). The maximum atomic E-state index is 13.4. The predicted octanol–water partition coefficient (Wildman–Crippen LogP) is 2.52. The maximum Gasteiger partial charge on any atom is 0.287 e. The molecule has 28 heavy (non-hydrogen) atoms. The number of benzene rings is 1. The molecule has 0 spiro atoms. The largest absolute Gasteiger partial charge is 0.385 e. The number of hydrogen-bond donors (Lipinski definition) is 2. The molecule has 2 N–H and O–H groups in total. The molecule has 1 aromatic heterocycles. The maximum absolute atomic E-state index is 13.4. The van der Waals surface area contributed by atoms with Crippen LogP contribution in [0.2, 0.25) is 0 Å². The van der Waals surface area contributed by atoms with E-state index in [4.69, 9.17) is 4.74 Å². The highest BCUT2D eigenvalue weighted by Crippen LogP contribution is 2.22. The summed E-state index contributed by atoms with van der Waals surface area (Å²) in [6, 6.07) is 3.11. The fourth-order valence-electron chi connectivity index (χ4n) is 3.16. The topological polar surface area (TPSA) is 85.2 Å². The molecule has 0 saturated heterocycles. The van der Waals surface area contributed by atoms with Crippen LogP contribution in [-0.4, -0.2) is 41.6 Å². The molecule has 0 unspecified atom stereocenters. The van der Waals surface area contributed by atoms with Crippen LogP contribution >= 0.6 is 0 Å². The van der Waals surface area contributed by atoms with Crippen molar-refractivity contribution >= 4 is 17.5 Å². The zero-order chi connectivity index (χ0) is 20.1. The molecule has 150 valence electrons. The Morgan fingerprint density at radius 2 is 2.04 bits per heavy atom. The molecule has 9 heteroatoms. The van der Waals surface area contributed by atoms with Gasteiger partial charge in [-0.2, -0.15) is 0 Å². The van der Waals surface area contributed by atoms with Gasteiger partial charge in [0.15, 0.2) is 23.2 Å². The highest BCUT2D eigenvalue weighted by Gasteiger charge is 2.27. The van der Waals surface area contributed by atoms with Gasteiger partial charge in [-0.05, 0) is 37.8 Å². The number of carbonyl (C=O) groups is 2. The van der Waals surface area contributed by atoms with Gasteiger partial charge in [0.2, 0.25) is 0 Å². The van der Waals surface area contributed by atoms with Crippen LogP contribution in [0, 0.1) is 11.6 Å². The van der Waals surface area contributed by atoms with E-state index in [0.29, 0.717) is 38.2 Å². The van der Waals surface area contributed by atoms with Crippen LogP contribution in [0.25, 0.3) is 0 Å². The lowest BCUT2D eigenvalue weighted by atomic mass is 10.1. The molecule has 1 aliphatic rings. The number of rotatable bonds is 7. The van der Waals surface area contributed by atoms with E-state index in [2.05, 4.69) is 15.6 Å². The summed E-state index contributed by atoms with van der Waals surface area (Å²) in [6.07, 6.45) is 3.05. The van der Waals surface area contributed by atoms with Crippen molar-refractivity contribution in [3.8, 4) is 0 Å². The van der Waals surface area contributed by atoms with Crippen molar-refractivity contribution in [1.82, 2.24) is 14.9 Å². The summed E-state index contributed by atoms with van der Waals surface area (Å²) in [6.45, 7) is 1.56. The van der Waals surface area contributed by atoms with Crippen molar-refractivity contribution in [1.29, 1.82) is 0 Å². The summed E-state index contributed by atoms with van der Waals surface area (Å²) in [4.78, 5) is 29.4. The number of fused-ring (bicyclic) bond motifs is 1. The second kappa shape index (κ2) is 8.92. The SMILES string of the molecule is COCCCNC(=O)c1nc(C(=O)Nc2ccc(F)c(F)c2)c2n1CCCC2. The van der Waals surface area contributed by atoms with E-state index >= 15 is 0 Å². The first kappa shape index (κ1) is 19.9. The molecule has 0 aliphatic carbocycles. The van der Waals surface area contributed by atoms with Crippen molar-refractivity contribution in [2.75, 3.05) is 25.6 Å². The van der Waals surface area contributed by atoms with Crippen LogP contribution in [0.3, 0.4) is 0 Å². The number of nitrogens with zero attached hydrogens (tertiary/aromatic N) is 2. The van der Waals surface area contributed by atoms with Crippen LogP contribution in [-0.2, 0) is 17.7 Å². The van der Waals surface area contributed by atoms with Gasteiger partial charge in [-0.3, -0.25) is 9.59 Å².